The van der Waals surface area contributed by atoms with Crippen LogP contribution in [0.5, 0.6) is 0 Å². The average molecular weight is 290 g/mol. The maximum absolute atomic E-state index is 5.99. The van der Waals surface area contributed by atoms with Crippen molar-refractivity contribution >= 4 is 19.7 Å². The molecule has 0 bridgehead atoms. The van der Waals surface area contributed by atoms with Crippen molar-refractivity contribution in [2.45, 2.75) is 31.6 Å². The third-order valence-electron chi connectivity index (χ3n) is 3.51. The van der Waals surface area contributed by atoms with Gasteiger partial charge in [0, 0.05) is 17.4 Å². The van der Waals surface area contributed by atoms with Crippen molar-refractivity contribution in [1.29, 1.82) is 0 Å². The van der Waals surface area contributed by atoms with Gasteiger partial charge in [-0.3, -0.25) is 4.98 Å². The van der Waals surface area contributed by atoms with Crippen LogP contribution < -0.4 is 0 Å². The standard InChI is InChI=1S/C16H20ClNSi/c1-19(2,3)16(12-13-8-10-18-11-9-13)14-4-6-15(17)7-5-14/h4-11,16H,12H2,1-3H3. The minimum atomic E-state index is -1.29. The lowest BCUT2D eigenvalue weighted by molar-refractivity contribution is 0.874. The van der Waals surface area contributed by atoms with E-state index in [1.165, 1.54) is 11.1 Å². The van der Waals surface area contributed by atoms with E-state index in [-0.39, 0.29) is 0 Å². The lowest BCUT2D eigenvalue weighted by atomic mass is 10.0. The third kappa shape index (κ3) is 3.92. The van der Waals surface area contributed by atoms with Crippen LogP contribution in [0.25, 0.3) is 0 Å². The second kappa shape index (κ2) is 5.89. The highest BCUT2D eigenvalue weighted by molar-refractivity contribution is 6.77. The quantitative estimate of drug-likeness (QED) is 0.727. The van der Waals surface area contributed by atoms with E-state index in [2.05, 4.69) is 48.9 Å². The normalized spacial score (nSPS) is 13.3. The van der Waals surface area contributed by atoms with Gasteiger partial charge in [-0.1, -0.05) is 43.4 Å². The van der Waals surface area contributed by atoms with Gasteiger partial charge in [0.15, 0.2) is 0 Å². The first-order chi connectivity index (χ1) is 8.97. The number of nitrogens with zero attached hydrogens (tertiary/aromatic N) is 1. The Balaban J connectivity index is 2.29. The molecule has 1 heterocycles. The van der Waals surface area contributed by atoms with Gasteiger partial charge in [0.2, 0.25) is 0 Å². The summed E-state index contributed by atoms with van der Waals surface area (Å²) in [6.07, 6.45) is 4.83. The minimum absolute atomic E-state index is 0.604. The molecule has 0 spiro atoms. The fourth-order valence-electron chi connectivity index (χ4n) is 2.37. The van der Waals surface area contributed by atoms with Gasteiger partial charge in [0.25, 0.3) is 0 Å². The fourth-order valence-corrected chi connectivity index (χ4v) is 4.54. The predicted octanol–water partition coefficient (Wildman–Crippen LogP) is 4.94. The number of rotatable bonds is 4. The van der Waals surface area contributed by atoms with E-state index in [9.17, 15) is 0 Å². The number of hydrogen-bond acceptors (Lipinski definition) is 1. The molecule has 0 aliphatic heterocycles. The van der Waals surface area contributed by atoms with E-state index in [1.54, 1.807) is 0 Å². The maximum atomic E-state index is 5.99. The molecule has 1 unspecified atom stereocenters. The van der Waals surface area contributed by atoms with Crippen molar-refractivity contribution < 1.29 is 0 Å². The van der Waals surface area contributed by atoms with Crippen LogP contribution >= 0.6 is 11.6 Å². The molecule has 0 amide bonds. The molecule has 2 aromatic rings. The molecule has 0 aliphatic carbocycles. The second-order valence-corrected chi connectivity index (χ2v) is 11.9. The summed E-state index contributed by atoms with van der Waals surface area (Å²) in [5.74, 6) is 0. The van der Waals surface area contributed by atoms with Crippen molar-refractivity contribution in [3.63, 3.8) is 0 Å². The van der Waals surface area contributed by atoms with Crippen LogP contribution in [0.1, 0.15) is 16.7 Å². The Morgan fingerprint density at radius 2 is 1.58 bits per heavy atom. The van der Waals surface area contributed by atoms with Gasteiger partial charge in [-0.2, -0.15) is 0 Å². The lowest BCUT2D eigenvalue weighted by Gasteiger charge is -2.29. The van der Waals surface area contributed by atoms with E-state index in [4.69, 9.17) is 11.6 Å². The van der Waals surface area contributed by atoms with Crippen molar-refractivity contribution in [3.8, 4) is 0 Å². The highest BCUT2D eigenvalue weighted by Gasteiger charge is 2.28. The zero-order valence-corrected chi connectivity index (χ0v) is 13.5. The molecule has 19 heavy (non-hydrogen) atoms. The maximum Gasteiger partial charge on any atom is 0.0525 e. The topological polar surface area (TPSA) is 12.9 Å². The molecule has 1 aromatic carbocycles. The molecule has 0 N–H and O–H groups in total. The summed E-state index contributed by atoms with van der Waals surface area (Å²) in [6.45, 7) is 7.27. The summed E-state index contributed by atoms with van der Waals surface area (Å²) in [6, 6.07) is 12.6. The van der Waals surface area contributed by atoms with E-state index >= 15 is 0 Å². The zero-order valence-electron chi connectivity index (χ0n) is 11.7. The number of pyridine rings is 1. The molecule has 1 nitrogen and oxygen atoms in total. The predicted molar refractivity (Wildman–Crippen MR) is 85.5 cm³/mol. The molecule has 0 aliphatic rings. The van der Waals surface area contributed by atoms with Gasteiger partial charge in [-0.05, 0) is 47.4 Å². The van der Waals surface area contributed by atoms with E-state index in [1.807, 2.05) is 24.5 Å². The van der Waals surface area contributed by atoms with Crippen LogP contribution in [0.3, 0.4) is 0 Å². The Kier molecular flexibility index (Phi) is 4.43. The van der Waals surface area contributed by atoms with Crippen LogP contribution in [-0.4, -0.2) is 13.1 Å². The molecule has 3 heteroatoms. The molecule has 1 atom stereocenters. The largest absolute Gasteiger partial charge is 0.265 e. The Hall–Kier alpha value is -1.12. The molecule has 0 radical (unpaired) electrons. The number of aromatic nitrogens is 1. The summed E-state index contributed by atoms with van der Waals surface area (Å²) < 4.78 is 0. The Morgan fingerprint density at radius 1 is 1.00 bits per heavy atom. The van der Waals surface area contributed by atoms with Gasteiger partial charge in [0.1, 0.15) is 0 Å². The molecule has 100 valence electrons. The molecule has 0 saturated carbocycles. The van der Waals surface area contributed by atoms with Gasteiger partial charge >= 0.3 is 0 Å². The molecular formula is C16H20ClNSi. The molecule has 0 saturated heterocycles. The molecule has 1 aromatic heterocycles. The summed E-state index contributed by atoms with van der Waals surface area (Å²) in [7, 11) is -1.29. The van der Waals surface area contributed by atoms with Crippen molar-refractivity contribution in [3.05, 3.63) is 64.9 Å². The monoisotopic (exact) mass is 289 g/mol. The Morgan fingerprint density at radius 3 is 2.11 bits per heavy atom. The smallest absolute Gasteiger partial charge is 0.0525 e. The van der Waals surface area contributed by atoms with Crippen LogP contribution in [0, 0.1) is 0 Å². The lowest BCUT2D eigenvalue weighted by Crippen LogP contribution is -2.32. The summed E-state index contributed by atoms with van der Waals surface area (Å²) in [5.41, 5.74) is 3.37. The zero-order chi connectivity index (χ0) is 13.9. The Labute approximate surface area is 121 Å². The highest BCUT2D eigenvalue weighted by atomic mass is 35.5. The highest BCUT2D eigenvalue weighted by Crippen LogP contribution is 2.31. The van der Waals surface area contributed by atoms with Gasteiger partial charge < -0.3 is 0 Å². The van der Waals surface area contributed by atoms with Crippen LogP contribution in [0.4, 0.5) is 0 Å². The van der Waals surface area contributed by atoms with E-state index in [0.717, 1.165) is 11.4 Å². The average Bonchev–Trinajstić information content (AvgIpc) is 2.37. The van der Waals surface area contributed by atoms with Crippen LogP contribution in [0.15, 0.2) is 48.8 Å². The molecule has 2 rings (SSSR count). The SMILES string of the molecule is C[Si](C)(C)C(Cc1ccncc1)c1ccc(Cl)cc1. The van der Waals surface area contributed by atoms with Gasteiger partial charge in [-0.15, -0.1) is 0 Å². The van der Waals surface area contributed by atoms with Crippen LogP contribution in [-0.2, 0) is 6.42 Å². The van der Waals surface area contributed by atoms with Crippen molar-refractivity contribution in [2.75, 3.05) is 0 Å². The van der Waals surface area contributed by atoms with Crippen LogP contribution in [0.2, 0.25) is 24.7 Å². The first-order valence-electron chi connectivity index (χ1n) is 6.61. The summed E-state index contributed by atoms with van der Waals surface area (Å²) >= 11 is 5.99. The van der Waals surface area contributed by atoms with Gasteiger partial charge in [-0.25, -0.2) is 0 Å². The molecular weight excluding hydrogens is 270 g/mol. The van der Waals surface area contributed by atoms with Crippen molar-refractivity contribution in [1.82, 2.24) is 4.98 Å². The number of halogens is 1. The third-order valence-corrected chi connectivity index (χ3v) is 6.39. The fraction of sp³-hybridized carbons (Fsp3) is 0.312. The number of hydrogen-bond donors (Lipinski definition) is 0. The number of benzene rings is 1. The summed E-state index contributed by atoms with van der Waals surface area (Å²) in [5, 5.41) is 0.807. The van der Waals surface area contributed by atoms with E-state index < -0.39 is 8.07 Å². The minimum Gasteiger partial charge on any atom is -0.265 e. The first kappa shape index (κ1) is 14.3. The summed E-state index contributed by atoms with van der Waals surface area (Å²) in [4.78, 5) is 4.09. The van der Waals surface area contributed by atoms with Gasteiger partial charge in [0.05, 0.1) is 8.07 Å². The first-order valence-corrected chi connectivity index (χ1v) is 10.6. The molecule has 0 fully saturated rings. The Bertz CT molecular complexity index is 517. The van der Waals surface area contributed by atoms with E-state index in [0.29, 0.717) is 5.54 Å². The van der Waals surface area contributed by atoms with Crippen molar-refractivity contribution in [2.24, 2.45) is 0 Å². The second-order valence-electron chi connectivity index (χ2n) is 6.03.